The summed E-state index contributed by atoms with van der Waals surface area (Å²) in [6.07, 6.45) is 7.35. The zero-order valence-corrected chi connectivity index (χ0v) is 27.8. The Morgan fingerprint density at radius 2 is 0.961 bits per heavy atom. The molecule has 51 heavy (non-hydrogen) atoms. The van der Waals surface area contributed by atoms with Crippen LogP contribution in [-0.2, 0) is 0 Å². The van der Waals surface area contributed by atoms with Crippen LogP contribution in [0.25, 0.3) is 55.0 Å². The Balaban J connectivity index is 1.23. The predicted molar refractivity (Wildman–Crippen MR) is 213 cm³/mol. The van der Waals surface area contributed by atoms with E-state index in [1.165, 1.54) is 32.6 Å². The van der Waals surface area contributed by atoms with Crippen LogP contribution in [-0.4, -0.2) is 20.8 Å². The van der Waals surface area contributed by atoms with E-state index >= 15 is 0 Å². The number of hydrogen-bond donors (Lipinski definition) is 1. The highest BCUT2D eigenvalue weighted by Crippen LogP contribution is 2.38. The second kappa shape index (κ2) is 12.0. The number of aliphatic imine (C=N–C) groups is 2. The van der Waals surface area contributed by atoms with Crippen molar-refractivity contribution in [2.75, 3.05) is 0 Å². The highest BCUT2D eigenvalue weighted by atomic mass is 15.2. The molecule has 1 unspecified atom stereocenters. The molecule has 1 aliphatic carbocycles. The van der Waals surface area contributed by atoms with Crippen LogP contribution >= 0.6 is 0 Å². The van der Waals surface area contributed by atoms with Gasteiger partial charge in [0, 0.05) is 44.1 Å². The Bertz CT molecular complexity index is 2690. The minimum Gasteiger partial charge on any atom is -0.344 e. The molecular weight excluding hydrogens is 623 g/mol. The van der Waals surface area contributed by atoms with Gasteiger partial charge in [0.05, 0.1) is 22.1 Å². The second-order valence-corrected chi connectivity index (χ2v) is 13.0. The zero-order valence-electron chi connectivity index (χ0n) is 27.8. The second-order valence-electron chi connectivity index (χ2n) is 13.0. The maximum Gasteiger partial charge on any atom is 0.155 e. The van der Waals surface area contributed by atoms with Crippen molar-refractivity contribution in [3.63, 3.8) is 0 Å². The van der Waals surface area contributed by atoms with Crippen molar-refractivity contribution in [2.24, 2.45) is 9.98 Å². The molecule has 3 heterocycles. The molecule has 1 atom stereocenters. The summed E-state index contributed by atoms with van der Waals surface area (Å²) in [6, 6.07) is 55.5. The molecule has 8 aromatic rings. The Morgan fingerprint density at radius 3 is 1.51 bits per heavy atom. The molecule has 0 fully saturated rings. The van der Waals surface area contributed by atoms with E-state index in [2.05, 4.69) is 178 Å². The van der Waals surface area contributed by atoms with Gasteiger partial charge in [-0.25, -0.2) is 9.98 Å². The van der Waals surface area contributed by atoms with Gasteiger partial charge in [-0.2, -0.15) is 0 Å². The number of amidine groups is 2. The van der Waals surface area contributed by atoms with Crippen molar-refractivity contribution in [2.45, 2.75) is 12.6 Å². The standard InChI is InChI=1S/C46H33N5/c1-3-15-31(16-4-1)44-47-45(32-17-5-2-6-18-32)49-46(48-44)33-27-28-34(50-40-23-11-7-19-36(40)37-20-8-12-24-41(37)50)30-35(29-33)51-42-25-13-9-21-38(42)39-22-10-14-26-43(39)51/h1-26,28-30,44H,27H2,(H,47,48,49). The van der Waals surface area contributed by atoms with Crippen LogP contribution in [0.5, 0.6) is 0 Å². The van der Waals surface area contributed by atoms with Crippen molar-refractivity contribution in [3.05, 3.63) is 193 Å². The summed E-state index contributed by atoms with van der Waals surface area (Å²) in [7, 11) is 0. The first-order chi connectivity index (χ1) is 25.3. The normalized spacial score (nSPS) is 16.3. The molecule has 0 saturated heterocycles. The molecule has 2 aromatic heterocycles. The Hall–Kier alpha value is -6.72. The molecule has 1 aliphatic heterocycles. The summed E-state index contributed by atoms with van der Waals surface area (Å²) < 4.78 is 4.81. The number of allylic oxidation sites excluding steroid dienone is 5. The van der Waals surface area contributed by atoms with Crippen LogP contribution in [0.15, 0.2) is 192 Å². The predicted octanol–water partition coefficient (Wildman–Crippen LogP) is 10.8. The molecule has 5 nitrogen and oxygen atoms in total. The van der Waals surface area contributed by atoms with Crippen LogP contribution in [0.2, 0.25) is 0 Å². The third-order valence-electron chi connectivity index (χ3n) is 10.0. The fourth-order valence-electron chi connectivity index (χ4n) is 7.69. The third-order valence-corrected chi connectivity index (χ3v) is 10.0. The summed E-state index contributed by atoms with van der Waals surface area (Å²) in [5.74, 6) is 1.54. The van der Waals surface area contributed by atoms with E-state index in [-0.39, 0.29) is 6.17 Å². The maximum absolute atomic E-state index is 5.30. The lowest BCUT2D eigenvalue weighted by Crippen LogP contribution is -2.33. The average molecular weight is 656 g/mol. The first-order valence-corrected chi connectivity index (χ1v) is 17.4. The van der Waals surface area contributed by atoms with E-state index in [0.29, 0.717) is 6.42 Å². The third kappa shape index (κ3) is 4.93. The summed E-state index contributed by atoms with van der Waals surface area (Å²) in [5.41, 5.74) is 10.0. The van der Waals surface area contributed by atoms with E-state index in [0.717, 1.165) is 50.8 Å². The molecular formula is C46H33N5. The van der Waals surface area contributed by atoms with Crippen LogP contribution in [0.3, 0.4) is 0 Å². The van der Waals surface area contributed by atoms with Crippen LogP contribution in [0.4, 0.5) is 0 Å². The Morgan fingerprint density at radius 1 is 0.490 bits per heavy atom. The molecule has 1 N–H and O–H groups in total. The van der Waals surface area contributed by atoms with Crippen LogP contribution in [0.1, 0.15) is 23.7 Å². The summed E-state index contributed by atoms with van der Waals surface area (Å²) in [5, 5.41) is 8.56. The number of nitrogens with zero attached hydrogens (tertiary/aromatic N) is 4. The van der Waals surface area contributed by atoms with E-state index in [1.807, 2.05) is 12.1 Å². The average Bonchev–Trinajstić information content (AvgIpc) is 3.62. The molecule has 0 amide bonds. The molecule has 242 valence electrons. The number of benzene rings is 6. The summed E-state index contributed by atoms with van der Waals surface area (Å²) in [4.78, 5) is 10.5. The fourth-order valence-corrected chi connectivity index (χ4v) is 7.69. The molecule has 5 heteroatoms. The van der Waals surface area contributed by atoms with E-state index < -0.39 is 0 Å². The lowest BCUT2D eigenvalue weighted by atomic mass is 10.1. The van der Waals surface area contributed by atoms with Gasteiger partial charge in [-0.05, 0) is 48.4 Å². The highest BCUT2D eigenvalue weighted by Gasteiger charge is 2.24. The number of fused-ring (bicyclic) bond motifs is 6. The van der Waals surface area contributed by atoms with Gasteiger partial charge in [0.1, 0.15) is 12.0 Å². The summed E-state index contributed by atoms with van der Waals surface area (Å²) in [6.45, 7) is 0. The quantitative estimate of drug-likeness (QED) is 0.197. The molecule has 6 aromatic carbocycles. The van der Waals surface area contributed by atoms with E-state index in [1.54, 1.807) is 0 Å². The monoisotopic (exact) mass is 655 g/mol. The number of hydrogen-bond acceptors (Lipinski definition) is 3. The van der Waals surface area contributed by atoms with Gasteiger partial charge in [-0.15, -0.1) is 0 Å². The SMILES string of the molecule is C1=C(C2=NC(c3ccccc3)NC(c3ccccc3)=N2)CC=C(n2c3ccccc3c3ccccc32)C=C1n1c2ccccc2c2ccccc21. The fraction of sp³-hybridized carbons (Fsp3) is 0.0435. The van der Waals surface area contributed by atoms with Gasteiger partial charge in [0.2, 0.25) is 0 Å². The van der Waals surface area contributed by atoms with Crippen LogP contribution < -0.4 is 5.32 Å². The molecule has 0 saturated carbocycles. The lowest BCUT2D eigenvalue weighted by molar-refractivity contribution is 0.673. The Kier molecular flexibility index (Phi) is 6.88. The smallest absolute Gasteiger partial charge is 0.155 e. The van der Waals surface area contributed by atoms with Gasteiger partial charge in [-0.1, -0.05) is 140 Å². The topological polar surface area (TPSA) is 46.6 Å². The number of rotatable bonds is 5. The minimum atomic E-state index is -0.278. The van der Waals surface area contributed by atoms with E-state index in [9.17, 15) is 0 Å². The van der Waals surface area contributed by atoms with Gasteiger partial charge in [0.15, 0.2) is 5.84 Å². The zero-order chi connectivity index (χ0) is 33.7. The first-order valence-electron chi connectivity index (χ1n) is 17.4. The van der Waals surface area contributed by atoms with Gasteiger partial charge in [-0.3, -0.25) is 0 Å². The van der Waals surface area contributed by atoms with Crippen molar-refractivity contribution in [3.8, 4) is 0 Å². The molecule has 2 aliphatic rings. The summed E-state index contributed by atoms with van der Waals surface area (Å²) >= 11 is 0. The number of aromatic nitrogens is 2. The van der Waals surface area contributed by atoms with E-state index in [4.69, 9.17) is 9.98 Å². The first kappa shape index (κ1) is 29.2. The lowest BCUT2D eigenvalue weighted by Gasteiger charge is -2.24. The van der Waals surface area contributed by atoms with Crippen LogP contribution in [0, 0.1) is 0 Å². The largest absolute Gasteiger partial charge is 0.344 e. The maximum atomic E-state index is 5.30. The minimum absolute atomic E-state index is 0.278. The Labute approximate surface area is 295 Å². The van der Waals surface area contributed by atoms with Crippen molar-refractivity contribution in [1.82, 2.24) is 14.5 Å². The molecule has 0 spiro atoms. The van der Waals surface area contributed by atoms with Gasteiger partial charge >= 0.3 is 0 Å². The van der Waals surface area contributed by atoms with Crippen molar-refractivity contribution < 1.29 is 0 Å². The van der Waals surface area contributed by atoms with Gasteiger partial charge in [0.25, 0.3) is 0 Å². The number of nitrogens with one attached hydrogen (secondary N) is 1. The van der Waals surface area contributed by atoms with Crippen molar-refractivity contribution in [1.29, 1.82) is 0 Å². The molecule has 0 radical (unpaired) electrons. The highest BCUT2D eigenvalue weighted by molar-refractivity contribution is 6.16. The van der Waals surface area contributed by atoms with Gasteiger partial charge < -0.3 is 14.5 Å². The number of para-hydroxylation sites is 4. The molecule has 0 bridgehead atoms. The van der Waals surface area contributed by atoms with Crippen molar-refractivity contribution >= 4 is 66.7 Å². The molecule has 10 rings (SSSR count).